The number of aromatic nitrogens is 2. The maximum absolute atomic E-state index is 13.2. The summed E-state index contributed by atoms with van der Waals surface area (Å²) in [7, 11) is 0. The first-order valence-electron chi connectivity index (χ1n) is 6.94. The van der Waals surface area contributed by atoms with E-state index in [2.05, 4.69) is 22.4 Å². The SMILES string of the molecule is CC1(c2nc(Cc3cccc(F)c3)no2)CCCNC1. The van der Waals surface area contributed by atoms with Crippen LogP contribution in [-0.4, -0.2) is 23.2 Å². The van der Waals surface area contributed by atoms with Gasteiger partial charge in [0.05, 0.1) is 5.41 Å². The van der Waals surface area contributed by atoms with Gasteiger partial charge in [0.1, 0.15) is 5.82 Å². The van der Waals surface area contributed by atoms with Crippen LogP contribution in [0.25, 0.3) is 0 Å². The lowest BCUT2D eigenvalue weighted by Crippen LogP contribution is -2.41. The Morgan fingerprint density at radius 1 is 1.45 bits per heavy atom. The third-order valence-corrected chi connectivity index (χ3v) is 3.83. The molecule has 1 aliphatic rings. The normalized spacial score (nSPS) is 22.9. The number of nitrogens with one attached hydrogen (secondary N) is 1. The molecule has 1 unspecified atom stereocenters. The third kappa shape index (κ3) is 2.72. The van der Waals surface area contributed by atoms with Crippen molar-refractivity contribution < 1.29 is 8.91 Å². The smallest absolute Gasteiger partial charge is 0.233 e. The highest BCUT2D eigenvalue weighted by atomic mass is 19.1. The predicted molar refractivity (Wildman–Crippen MR) is 73.0 cm³/mol. The van der Waals surface area contributed by atoms with Crippen LogP contribution in [-0.2, 0) is 11.8 Å². The van der Waals surface area contributed by atoms with E-state index in [1.54, 1.807) is 6.07 Å². The standard InChI is InChI=1S/C15H18FN3O/c1-15(6-3-7-17-10-15)14-18-13(19-20-14)9-11-4-2-5-12(16)8-11/h2,4-5,8,17H,3,6-7,9-10H2,1H3. The molecule has 1 aromatic carbocycles. The van der Waals surface area contributed by atoms with Gasteiger partial charge in [-0.25, -0.2) is 4.39 Å². The zero-order valence-electron chi connectivity index (χ0n) is 11.5. The fourth-order valence-electron chi connectivity index (χ4n) is 2.64. The molecule has 0 amide bonds. The molecule has 1 fully saturated rings. The van der Waals surface area contributed by atoms with Gasteiger partial charge in [0.2, 0.25) is 5.89 Å². The van der Waals surface area contributed by atoms with Crippen molar-refractivity contribution in [2.75, 3.05) is 13.1 Å². The van der Waals surface area contributed by atoms with Crippen molar-refractivity contribution in [2.45, 2.75) is 31.6 Å². The van der Waals surface area contributed by atoms with Gasteiger partial charge in [-0.2, -0.15) is 4.98 Å². The summed E-state index contributed by atoms with van der Waals surface area (Å²) in [6.45, 7) is 4.03. The zero-order chi connectivity index (χ0) is 14.0. The molecule has 2 heterocycles. The number of rotatable bonds is 3. The molecule has 20 heavy (non-hydrogen) atoms. The Morgan fingerprint density at radius 3 is 3.10 bits per heavy atom. The first-order valence-corrected chi connectivity index (χ1v) is 6.94. The van der Waals surface area contributed by atoms with Crippen molar-refractivity contribution in [2.24, 2.45) is 0 Å². The Kier molecular flexibility index (Phi) is 3.53. The van der Waals surface area contributed by atoms with Crippen LogP contribution in [0.3, 0.4) is 0 Å². The summed E-state index contributed by atoms with van der Waals surface area (Å²) in [5.74, 6) is 1.04. The second kappa shape index (κ2) is 5.32. The van der Waals surface area contributed by atoms with Crippen molar-refractivity contribution in [3.8, 4) is 0 Å². The summed E-state index contributed by atoms with van der Waals surface area (Å²) < 4.78 is 18.6. The summed E-state index contributed by atoms with van der Waals surface area (Å²) in [6, 6.07) is 6.49. The summed E-state index contributed by atoms with van der Waals surface area (Å²) in [4.78, 5) is 4.49. The molecule has 5 heteroatoms. The number of halogens is 1. The molecule has 2 aromatic rings. The van der Waals surface area contributed by atoms with Crippen molar-refractivity contribution >= 4 is 0 Å². The van der Waals surface area contributed by atoms with Crippen LogP contribution in [0.15, 0.2) is 28.8 Å². The van der Waals surface area contributed by atoms with E-state index in [1.165, 1.54) is 12.1 Å². The minimum absolute atomic E-state index is 0.0918. The van der Waals surface area contributed by atoms with Gasteiger partial charge in [-0.15, -0.1) is 0 Å². The molecule has 1 atom stereocenters. The van der Waals surface area contributed by atoms with Crippen LogP contribution in [0, 0.1) is 5.82 Å². The highest BCUT2D eigenvalue weighted by Crippen LogP contribution is 2.29. The van der Waals surface area contributed by atoms with Gasteiger partial charge >= 0.3 is 0 Å². The van der Waals surface area contributed by atoms with E-state index in [1.807, 2.05) is 6.07 Å². The van der Waals surface area contributed by atoms with E-state index < -0.39 is 0 Å². The summed E-state index contributed by atoms with van der Waals surface area (Å²) in [6.07, 6.45) is 2.64. The van der Waals surface area contributed by atoms with E-state index in [-0.39, 0.29) is 11.2 Å². The van der Waals surface area contributed by atoms with Crippen molar-refractivity contribution in [3.63, 3.8) is 0 Å². The summed E-state index contributed by atoms with van der Waals surface area (Å²) >= 11 is 0. The number of hydrogen-bond donors (Lipinski definition) is 1. The lowest BCUT2D eigenvalue weighted by atomic mass is 9.83. The highest BCUT2D eigenvalue weighted by Gasteiger charge is 2.34. The number of nitrogens with zero attached hydrogens (tertiary/aromatic N) is 2. The summed E-state index contributed by atoms with van der Waals surface area (Å²) in [5.41, 5.74) is 0.759. The molecule has 0 saturated carbocycles. The van der Waals surface area contributed by atoms with E-state index >= 15 is 0 Å². The van der Waals surface area contributed by atoms with Gasteiger partial charge in [0.25, 0.3) is 0 Å². The monoisotopic (exact) mass is 275 g/mol. The molecule has 0 bridgehead atoms. The highest BCUT2D eigenvalue weighted by molar-refractivity contribution is 5.20. The number of benzene rings is 1. The molecule has 0 aliphatic carbocycles. The topological polar surface area (TPSA) is 51.0 Å². The number of piperidine rings is 1. The fraction of sp³-hybridized carbons (Fsp3) is 0.467. The second-order valence-corrected chi connectivity index (χ2v) is 5.66. The van der Waals surface area contributed by atoms with E-state index in [9.17, 15) is 4.39 Å². The van der Waals surface area contributed by atoms with Crippen molar-refractivity contribution in [1.29, 1.82) is 0 Å². The molecule has 0 radical (unpaired) electrons. The van der Waals surface area contributed by atoms with Crippen LogP contribution < -0.4 is 5.32 Å². The average Bonchev–Trinajstić information content (AvgIpc) is 2.89. The molecule has 4 nitrogen and oxygen atoms in total. The van der Waals surface area contributed by atoms with Gasteiger partial charge in [-0.05, 0) is 44.0 Å². The number of hydrogen-bond acceptors (Lipinski definition) is 4. The van der Waals surface area contributed by atoms with Gasteiger partial charge < -0.3 is 9.84 Å². The molecule has 3 rings (SSSR count). The van der Waals surface area contributed by atoms with Gasteiger partial charge in [0.15, 0.2) is 5.82 Å². The minimum atomic E-state index is -0.241. The quantitative estimate of drug-likeness (QED) is 0.934. The largest absolute Gasteiger partial charge is 0.339 e. The Hall–Kier alpha value is -1.75. The fourth-order valence-corrected chi connectivity index (χ4v) is 2.64. The van der Waals surface area contributed by atoms with Crippen LogP contribution in [0.4, 0.5) is 4.39 Å². The van der Waals surface area contributed by atoms with Crippen LogP contribution in [0.5, 0.6) is 0 Å². The van der Waals surface area contributed by atoms with Crippen molar-refractivity contribution in [1.82, 2.24) is 15.5 Å². The third-order valence-electron chi connectivity index (χ3n) is 3.83. The second-order valence-electron chi connectivity index (χ2n) is 5.66. The first kappa shape index (κ1) is 13.2. The van der Waals surface area contributed by atoms with Crippen molar-refractivity contribution in [3.05, 3.63) is 47.4 Å². The Balaban J connectivity index is 1.76. The Bertz CT molecular complexity index is 590. The Labute approximate surface area is 117 Å². The molecule has 1 saturated heterocycles. The summed E-state index contributed by atoms with van der Waals surface area (Å²) in [5, 5.41) is 7.39. The molecule has 106 valence electrons. The zero-order valence-corrected chi connectivity index (χ0v) is 11.5. The van der Waals surface area contributed by atoms with Crippen LogP contribution in [0.2, 0.25) is 0 Å². The Morgan fingerprint density at radius 2 is 2.35 bits per heavy atom. The van der Waals surface area contributed by atoms with E-state index in [0.717, 1.165) is 31.5 Å². The molecular weight excluding hydrogens is 257 g/mol. The van der Waals surface area contributed by atoms with Gasteiger partial charge in [-0.3, -0.25) is 0 Å². The van der Waals surface area contributed by atoms with Crippen LogP contribution in [0.1, 0.15) is 37.0 Å². The molecule has 1 aromatic heterocycles. The van der Waals surface area contributed by atoms with Gasteiger partial charge in [-0.1, -0.05) is 17.3 Å². The van der Waals surface area contributed by atoms with E-state index in [0.29, 0.717) is 18.1 Å². The molecule has 1 aliphatic heterocycles. The van der Waals surface area contributed by atoms with Gasteiger partial charge in [0, 0.05) is 13.0 Å². The lowest BCUT2D eigenvalue weighted by molar-refractivity contribution is 0.245. The minimum Gasteiger partial charge on any atom is -0.339 e. The van der Waals surface area contributed by atoms with Crippen LogP contribution >= 0.6 is 0 Å². The average molecular weight is 275 g/mol. The molecular formula is C15H18FN3O. The van der Waals surface area contributed by atoms with E-state index in [4.69, 9.17) is 4.52 Å². The maximum atomic E-state index is 13.2. The predicted octanol–water partition coefficient (Wildman–Crippen LogP) is 2.44. The maximum Gasteiger partial charge on any atom is 0.233 e. The lowest BCUT2D eigenvalue weighted by Gasteiger charge is -2.30. The molecule has 0 spiro atoms. The molecule has 1 N–H and O–H groups in total. The first-order chi connectivity index (χ1) is 9.66.